The fraction of sp³-hybridized carbons (Fsp3) is 0.471. The van der Waals surface area contributed by atoms with Gasteiger partial charge in [0.25, 0.3) is 5.91 Å². The molecule has 0 atom stereocenters. The Morgan fingerprint density at radius 3 is 2.86 bits per heavy atom. The van der Waals surface area contributed by atoms with Crippen molar-refractivity contribution in [3.05, 3.63) is 41.9 Å². The van der Waals surface area contributed by atoms with E-state index in [0.29, 0.717) is 17.8 Å². The minimum absolute atomic E-state index is 0.0619. The molecule has 0 radical (unpaired) electrons. The Morgan fingerprint density at radius 1 is 1.32 bits per heavy atom. The lowest BCUT2D eigenvalue weighted by Gasteiger charge is -2.15. The molecule has 5 nitrogen and oxygen atoms in total. The molecule has 0 fully saturated rings. The number of rotatable bonds is 3. The highest BCUT2D eigenvalue weighted by molar-refractivity contribution is 5.99. The average molecular weight is 298 g/mol. The minimum Gasteiger partial charge on any atom is -0.338 e. The first-order chi connectivity index (χ1) is 10.7. The minimum atomic E-state index is -0.0619. The quantitative estimate of drug-likeness (QED) is 0.819. The van der Waals surface area contributed by atoms with E-state index in [4.69, 9.17) is 0 Å². The van der Waals surface area contributed by atoms with E-state index in [2.05, 4.69) is 16.7 Å². The van der Waals surface area contributed by atoms with Gasteiger partial charge < -0.3 is 4.90 Å². The van der Waals surface area contributed by atoms with Crippen molar-refractivity contribution >= 4 is 11.6 Å². The Morgan fingerprint density at radius 2 is 2.09 bits per heavy atom. The van der Waals surface area contributed by atoms with E-state index in [-0.39, 0.29) is 5.91 Å². The Hall–Kier alpha value is -2.17. The smallest absolute Gasteiger partial charge is 0.259 e. The second kappa shape index (κ2) is 6.30. The van der Waals surface area contributed by atoms with Crippen molar-refractivity contribution in [2.45, 2.75) is 38.5 Å². The summed E-state index contributed by atoms with van der Waals surface area (Å²) < 4.78 is 1.87. The molecule has 0 spiro atoms. The summed E-state index contributed by atoms with van der Waals surface area (Å²) in [6.07, 6.45) is 12.3. The number of aryl methyl sites for hydroxylation is 2. The van der Waals surface area contributed by atoms with E-state index < -0.39 is 0 Å². The largest absolute Gasteiger partial charge is 0.338 e. The summed E-state index contributed by atoms with van der Waals surface area (Å²) in [7, 11) is 1.77. The lowest BCUT2D eigenvalue weighted by molar-refractivity contribution is 0.0812. The topological polar surface area (TPSA) is 50.5 Å². The third-order valence-corrected chi connectivity index (χ3v) is 4.30. The highest BCUT2D eigenvalue weighted by Crippen LogP contribution is 2.22. The molecule has 1 aliphatic carbocycles. The first-order valence-corrected chi connectivity index (χ1v) is 7.93. The number of carbonyl (C=O) groups is 1. The summed E-state index contributed by atoms with van der Waals surface area (Å²) in [6.45, 7) is 4.19. The number of carbonyl (C=O) groups excluding carboxylic acids is 1. The van der Waals surface area contributed by atoms with Crippen LogP contribution in [0.1, 0.15) is 47.3 Å². The van der Waals surface area contributed by atoms with Crippen molar-refractivity contribution < 1.29 is 4.79 Å². The van der Waals surface area contributed by atoms with Gasteiger partial charge in [0.15, 0.2) is 5.65 Å². The maximum absolute atomic E-state index is 12.5. The maximum Gasteiger partial charge on any atom is 0.259 e. The highest BCUT2D eigenvalue weighted by atomic mass is 16.2. The molecule has 0 N–H and O–H groups in total. The Balaban J connectivity index is 2.03. The first kappa shape index (κ1) is 14.8. The molecule has 1 aliphatic rings. The van der Waals surface area contributed by atoms with Gasteiger partial charge in [0.05, 0.1) is 6.20 Å². The van der Waals surface area contributed by atoms with Crippen LogP contribution in [0.15, 0.2) is 25.0 Å². The Bertz CT molecular complexity index is 704. The molecule has 0 aromatic carbocycles. The number of hydrogen-bond donors (Lipinski definition) is 0. The molecule has 2 heterocycles. The summed E-state index contributed by atoms with van der Waals surface area (Å²) >= 11 is 0. The number of hydrogen-bond acceptors (Lipinski definition) is 3. The lowest BCUT2D eigenvalue weighted by Crippen LogP contribution is -2.26. The molecule has 0 saturated heterocycles. The summed E-state index contributed by atoms with van der Waals surface area (Å²) in [6, 6.07) is 0. The van der Waals surface area contributed by atoms with Gasteiger partial charge in [-0.3, -0.25) is 4.79 Å². The van der Waals surface area contributed by atoms with E-state index in [1.165, 1.54) is 36.9 Å². The van der Waals surface area contributed by atoms with Crippen LogP contribution in [0, 0.1) is 0 Å². The zero-order valence-electron chi connectivity index (χ0n) is 13.1. The summed E-state index contributed by atoms with van der Waals surface area (Å²) in [5.74, 6) is -0.0619. The van der Waals surface area contributed by atoms with Crippen molar-refractivity contribution in [2.75, 3.05) is 13.6 Å². The predicted molar refractivity (Wildman–Crippen MR) is 86.0 cm³/mol. The zero-order valence-corrected chi connectivity index (χ0v) is 13.1. The van der Waals surface area contributed by atoms with Crippen molar-refractivity contribution in [2.24, 2.45) is 0 Å². The van der Waals surface area contributed by atoms with Crippen LogP contribution in [0.3, 0.4) is 0 Å². The molecule has 2 aromatic rings. The van der Waals surface area contributed by atoms with E-state index in [9.17, 15) is 4.79 Å². The van der Waals surface area contributed by atoms with Gasteiger partial charge in [-0.2, -0.15) is 5.10 Å². The first-order valence-electron chi connectivity index (χ1n) is 7.93. The van der Waals surface area contributed by atoms with Crippen LogP contribution in [0.5, 0.6) is 0 Å². The second-order valence-electron chi connectivity index (χ2n) is 5.91. The van der Waals surface area contributed by atoms with E-state index in [1.54, 1.807) is 24.2 Å². The van der Waals surface area contributed by atoms with Gasteiger partial charge in [-0.15, -0.1) is 6.58 Å². The molecule has 0 saturated carbocycles. The molecule has 5 heteroatoms. The van der Waals surface area contributed by atoms with Crippen molar-refractivity contribution in [3.63, 3.8) is 0 Å². The number of amides is 1. The maximum atomic E-state index is 12.5. The van der Waals surface area contributed by atoms with Crippen LogP contribution in [-0.4, -0.2) is 39.0 Å². The molecule has 22 heavy (non-hydrogen) atoms. The number of likely N-dealkylation sites (N-methyl/N-ethyl adjacent to an activating group) is 1. The number of nitrogens with zero attached hydrogens (tertiary/aromatic N) is 4. The molecule has 116 valence electrons. The van der Waals surface area contributed by atoms with Crippen LogP contribution in [0.4, 0.5) is 0 Å². The van der Waals surface area contributed by atoms with Gasteiger partial charge in [0.2, 0.25) is 0 Å². The van der Waals surface area contributed by atoms with Crippen LogP contribution in [-0.2, 0) is 12.8 Å². The highest BCUT2D eigenvalue weighted by Gasteiger charge is 2.20. The SMILES string of the molecule is C=CCN(C)C(=O)c1cnn2c3c(cnc12)CCCCCC3. The molecule has 0 unspecified atom stereocenters. The normalized spacial score (nSPS) is 15.0. The molecule has 3 rings (SSSR count). The van der Waals surface area contributed by atoms with Crippen LogP contribution < -0.4 is 0 Å². The van der Waals surface area contributed by atoms with E-state index >= 15 is 0 Å². The predicted octanol–water partition coefficient (Wildman–Crippen LogP) is 2.65. The summed E-state index contributed by atoms with van der Waals surface area (Å²) in [4.78, 5) is 18.6. The lowest BCUT2D eigenvalue weighted by atomic mass is 9.98. The fourth-order valence-corrected chi connectivity index (χ4v) is 3.08. The zero-order chi connectivity index (χ0) is 15.5. The monoisotopic (exact) mass is 298 g/mol. The van der Waals surface area contributed by atoms with Gasteiger partial charge in [-0.1, -0.05) is 18.9 Å². The fourth-order valence-electron chi connectivity index (χ4n) is 3.08. The molecule has 2 aromatic heterocycles. The third kappa shape index (κ3) is 2.63. The van der Waals surface area contributed by atoms with Gasteiger partial charge in [-0.25, -0.2) is 9.50 Å². The second-order valence-corrected chi connectivity index (χ2v) is 5.91. The van der Waals surface area contributed by atoms with Crippen molar-refractivity contribution in [1.29, 1.82) is 0 Å². The van der Waals surface area contributed by atoms with E-state index in [0.717, 1.165) is 12.8 Å². The van der Waals surface area contributed by atoms with Crippen LogP contribution in [0.2, 0.25) is 0 Å². The van der Waals surface area contributed by atoms with Gasteiger partial charge in [0.1, 0.15) is 5.56 Å². The number of aromatic nitrogens is 3. The van der Waals surface area contributed by atoms with Gasteiger partial charge >= 0.3 is 0 Å². The molecule has 0 aliphatic heterocycles. The molecular formula is C17H22N4O. The Labute approximate surface area is 130 Å². The average Bonchev–Trinajstić information content (AvgIpc) is 2.91. The van der Waals surface area contributed by atoms with E-state index in [1.807, 2.05) is 10.7 Å². The van der Waals surface area contributed by atoms with Gasteiger partial charge in [0, 0.05) is 25.5 Å². The van der Waals surface area contributed by atoms with Crippen LogP contribution in [0.25, 0.3) is 5.65 Å². The summed E-state index contributed by atoms with van der Waals surface area (Å²) in [5, 5.41) is 4.45. The molecule has 0 bridgehead atoms. The third-order valence-electron chi connectivity index (χ3n) is 4.30. The van der Waals surface area contributed by atoms with Crippen molar-refractivity contribution in [3.8, 4) is 0 Å². The molecular weight excluding hydrogens is 276 g/mol. The van der Waals surface area contributed by atoms with Gasteiger partial charge in [-0.05, 0) is 31.2 Å². The number of fused-ring (bicyclic) bond motifs is 3. The Kier molecular flexibility index (Phi) is 4.22. The molecule has 1 amide bonds. The summed E-state index contributed by atoms with van der Waals surface area (Å²) in [5.41, 5.74) is 3.72. The van der Waals surface area contributed by atoms with Crippen LogP contribution >= 0.6 is 0 Å². The standard InChI is InChI=1S/C17H22N4O/c1-3-10-20(2)17(22)14-12-19-21-15-9-7-5-4-6-8-13(15)11-18-16(14)21/h3,11-12H,1,4-10H2,2H3. The van der Waals surface area contributed by atoms with Crippen molar-refractivity contribution in [1.82, 2.24) is 19.5 Å².